The number of methoxy groups -OCH3 is 1. The minimum absolute atomic E-state index is 0.234. The van der Waals surface area contributed by atoms with Gasteiger partial charge in [-0.2, -0.15) is 0 Å². The summed E-state index contributed by atoms with van der Waals surface area (Å²) < 4.78 is 5.11. The Morgan fingerprint density at radius 1 is 1.41 bits per heavy atom. The molecule has 0 bridgehead atoms. The maximum atomic E-state index is 6.04. The highest BCUT2D eigenvalue weighted by molar-refractivity contribution is 6.33. The lowest BCUT2D eigenvalue weighted by molar-refractivity contribution is 0.415. The van der Waals surface area contributed by atoms with E-state index in [1.807, 2.05) is 20.8 Å². The molecule has 4 nitrogen and oxygen atoms in total. The largest absolute Gasteiger partial charge is 0.497 e. The van der Waals surface area contributed by atoms with Crippen LogP contribution in [0, 0.1) is 0 Å². The molecule has 3 N–H and O–H groups in total. The molecule has 0 saturated heterocycles. The normalized spacial score (nSPS) is 12.4. The van der Waals surface area contributed by atoms with E-state index in [0.29, 0.717) is 22.4 Å². The molecule has 0 heterocycles. The van der Waals surface area contributed by atoms with Gasteiger partial charge in [-0.15, -0.1) is 0 Å². The molecule has 0 atom stereocenters. The zero-order chi connectivity index (χ0) is 13.1. The van der Waals surface area contributed by atoms with Crippen molar-refractivity contribution < 1.29 is 4.74 Å². The summed E-state index contributed by atoms with van der Waals surface area (Å²) in [6.07, 6.45) is 0. The lowest BCUT2D eigenvalue weighted by atomic mass is 10.1. The summed E-state index contributed by atoms with van der Waals surface area (Å²) in [6.45, 7) is 5.90. The average molecular weight is 256 g/mol. The predicted octanol–water partition coefficient (Wildman–Crippen LogP) is 2.87. The van der Waals surface area contributed by atoms with E-state index >= 15 is 0 Å². The van der Waals surface area contributed by atoms with Gasteiger partial charge in [-0.05, 0) is 32.9 Å². The van der Waals surface area contributed by atoms with E-state index in [2.05, 4.69) is 10.3 Å². The average Bonchev–Trinajstić information content (AvgIpc) is 2.18. The predicted molar refractivity (Wildman–Crippen MR) is 73.0 cm³/mol. The second kappa shape index (κ2) is 5.27. The maximum Gasteiger partial charge on any atom is 0.193 e. The fourth-order valence-corrected chi connectivity index (χ4v) is 1.42. The third-order valence-electron chi connectivity index (χ3n) is 1.89. The number of nitrogens with one attached hydrogen (secondary N) is 1. The lowest BCUT2D eigenvalue weighted by Crippen LogP contribution is -2.27. The number of hydrogen-bond acceptors (Lipinski definition) is 2. The van der Waals surface area contributed by atoms with Gasteiger partial charge in [0.05, 0.1) is 23.4 Å². The first kappa shape index (κ1) is 13.6. The van der Waals surface area contributed by atoms with Crippen LogP contribution in [0.5, 0.6) is 5.75 Å². The third-order valence-corrected chi connectivity index (χ3v) is 2.22. The van der Waals surface area contributed by atoms with E-state index in [4.69, 9.17) is 22.1 Å². The van der Waals surface area contributed by atoms with Crippen LogP contribution in [-0.2, 0) is 0 Å². The minimum atomic E-state index is -0.234. The Morgan fingerprint density at radius 2 is 2.06 bits per heavy atom. The molecule has 1 aromatic rings. The second-order valence-electron chi connectivity index (χ2n) is 4.64. The van der Waals surface area contributed by atoms with Gasteiger partial charge in [0.2, 0.25) is 0 Å². The molecule has 17 heavy (non-hydrogen) atoms. The fraction of sp³-hybridized carbons (Fsp3) is 0.417. The number of halogens is 1. The molecule has 0 aliphatic rings. The van der Waals surface area contributed by atoms with Crippen LogP contribution >= 0.6 is 11.6 Å². The molecule has 0 amide bonds. The number of nitrogens with two attached hydrogens (primary N) is 1. The number of ether oxygens (including phenoxy) is 1. The van der Waals surface area contributed by atoms with E-state index in [0.717, 1.165) is 0 Å². The molecule has 1 rings (SSSR count). The third kappa shape index (κ3) is 4.53. The Hall–Kier alpha value is -1.42. The summed E-state index contributed by atoms with van der Waals surface area (Å²) in [6, 6.07) is 5.30. The minimum Gasteiger partial charge on any atom is -0.497 e. The van der Waals surface area contributed by atoms with Crippen molar-refractivity contribution in [2.75, 3.05) is 12.4 Å². The lowest BCUT2D eigenvalue weighted by Gasteiger charge is -2.15. The number of anilines is 1. The van der Waals surface area contributed by atoms with Gasteiger partial charge in [0.15, 0.2) is 5.96 Å². The standard InChI is InChI=1S/C12H18ClN3O/c1-12(2,3)16-11(14)15-10-7-8(17-4)5-6-9(10)13/h5-7H,1-4H3,(H3,14,15,16). The fourth-order valence-electron chi connectivity index (χ4n) is 1.25. The molecule has 0 unspecified atom stereocenters. The Labute approximate surface area is 107 Å². The van der Waals surface area contributed by atoms with Gasteiger partial charge >= 0.3 is 0 Å². The van der Waals surface area contributed by atoms with E-state index in [1.54, 1.807) is 25.3 Å². The molecule has 0 radical (unpaired) electrons. The Kier molecular flexibility index (Phi) is 4.23. The topological polar surface area (TPSA) is 59.6 Å². The Balaban J connectivity index is 2.91. The highest BCUT2D eigenvalue weighted by Crippen LogP contribution is 2.26. The van der Waals surface area contributed by atoms with Crippen molar-refractivity contribution in [1.29, 1.82) is 0 Å². The van der Waals surface area contributed by atoms with Crippen LogP contribution < -0.4 is 15.8 Å². The summed E-state index contributed by atoms with van der Waals surface area (Å²) in [4.78, 5) is 4.29. The number of hydrogen-bond donors (Lipinski definition) is 2. The molecule has 0 aromatic heterocycles. The molecular formula is C12H18ClN3O. The van der Waals surface area contributed by atoms with Crippen molar-refractivity contribution in [3.05, 3.63) is 23.2 Å². The van der Waals surface area contributed by atoms with E-state index in [1.165, 1.54) is 0 Å². The van der Waals surface area contributed by atoms with Crippen molar-refractivity contribution in [2.24, 2.45) is 10.7 Å². The van der Waals surface area contributed by atoms with Crippen LogP contribution in [0.4, 0.5) is 5.69 Å². The second-order valence-corrected chi connectivity index (χ2v) is 5.05. The van der Waals surface area contributed by atoms with Crippen molar-refractivity contribution in [1.82, 2.24) is 0 Å². The number of rotatable bonds is 2. The summed E-state index contributed by atoms with van der Waals surface area (Å²) in [7, 11) is 1.60. The summed E-state index contributed by atoms with van der Waals surface area (Å²) in [5.74, 6) is 1.04. The van der Waals surface area contributed by atoms with E-state index < -0.39 is 0 Å². The van der Waals surface area contributed by atoms with Gasteiger partial charge in [0.25, 0.3) is 0 Å². The zero-order valence-corrected chi connectivity index (χ0v) is 11.3. The molecule has 94 valence electrons. The van der Waals surface area contributed by atoms with Crippen LogP contribution in [0.1, 0.15) is 20.8 Å². The van der Waals surface area contributed by atoms with Gasteiger partial charge in [-0.1, -0.05) is 11.6 Å². The first-order valence-electron chi connectivity index (χ1n) is 5.28. The molecule has 0 aliphatic heterocycles. The van der Waals surface area contributed by atoms with Gasteiger partial charge in [-0.25, -0.2) is 4.99 Å². The summed E-state index contributed by atoms with van der Waals surface area (Å²) in [5, 5.41) is 3.52. The number of aliphatic imine (C=N–C) groups is 1. The molecule has 0 aliphatic carbocycles. The number of nitrogens with zero attached hydrogens (tertiary/aromatic N) is 1. The summed E-state index contributed by atoms with van der Waals surface area (Å²) >= 11 is 6.04. The van der Waals surface area contributed by atoms with Gasteiger partial charge in [0, 0.05) is 6.07 Å². The number of guanidine groups is 1. The van der Waals surface area contributed by atoms with Crippen LogP contribution in [-0.4, -0.2) is 18.6 Å². The zero-order valence-electron chi connectivity index (χ0n) is 10.5. The van der Waals surface area contributed by atoms with Crippen molar-refractivity contribution in [3.8, 4) is 5.75 Å². The monoisotopic (exact) mass is 255 g/mol. The highest BCUT2D eigenvalue weighted by atomic mass is 35.5. The van der Waals surface area contributed by atoms with Crippen LogP contribution in [0.3, 0.4) is 0 Å². The number of benzene rings is 1. The van der Waals surface area contributed by atoms with E-state index in [-0.39, 0.29) is 5.54 Å². The SMILES string of the molecule is COc1ccc(Cl)c(NC(N)=NC(C)(C)C)c1. The van der Waals surface area contributed by atoms with Crippen LogP contribution in [0.25, 0.3) is 0 Å². The summed E-state index contributed by atoms with van der Waals surface area (Å²) in [5.41, 5.74) is 6.24. The maximum absolute atomic E-state index is 6.04. The van der Waals surface area contributed by atoms with Crippen LogP contribution in [0.15, 0.2) is 23.2 Å². The van der Waals surface area contributed by atoms with Gasteiger partial charge in [0.1, 0.15) is 5.75 Å². The molecule has 0 saturated carbocycles. The van der Waals surface area contributed by atoms with Crippen LogP contribution in [0.2, 0.25) is 5.02 Å². The van der Waals surface area contributed by atoms with Gasteiger partial charge < -0.3 is 15.8 Å². The van der Waals surface area contributed by atoms with Crippen molar-refractivity contribution >= 4 is 23.2 Å². The van der Waals surface area contributed by atoms with Crippen molar-refractivity contribution in [2.45, 2.75) is 26.3 Å². The Bertz CT molecular complexity index is 424. The molecule has 5 heteroatoms. The first-order valence-corrected chi connectivity index (χ1v) is 5.65. The smallest absolute Gasteiger partial charge is 0.193 e. The van der Waals surface area contributed by atoms with E-state index in [9.17, 15) is 0 Å². The molecule has 0 fully saturated rings. The Morgan fingerprint density at radius 3 is 2.59 bits per heavy atom. The molecule has 1 aromatic carbocycles. The molecule has 0 spiro atoms. The quantitative estimate of drug-likeness (QED) is 0.631. The molecular weight excluding hydrogens is 238 g/mol. The first-order chi connectivity index (χ1) is 7.81. The van der Waals surface area contributed by atoms with Gasteiger partial charge in [-0.3, -0.25) is 0 Å². The van der Waals surface area contributed by atoms with Crippen molar-refractivity contribution in [3.63, 3.8) is 0 Å². The highest BCUT2D eigenvalue weighted by Gasteiger charge is 2.09.